The summed E-state index contributed by atoms with van der Waals surface area (Å²) in [5.74, 6) is -0.215. The quantitative estimate of drug-likeness (QED) is 0.473. The maximum atomic E-state index is 13.1. The first-order valence-corrected chi connectivity index (χ1v) is 11.6. The van der Waals surface area contributed by atoms with E-state index in [0.717, 1.165) is 19.4 Å². The van der Waals surface area contributed by atoms with Gasteiger partial charge < -0.3 is 9.67 Å². The summed E-state index contributed by atoms with van der Waals surface area (Å²) in [4.78, 5) is 24.9. The van der Waals surface area contributed by atoms with E-state index in [1.54, 1.807) is 0 Å². The Morgan fingerprint density at radius 3 is 2.58 bits per heavy atom. The number of aliphatic imine (C=N–C) groups is 2. The number of hydrogen-bond acceptors (Lipinski definition) is 8. The number of fused-ring (bicyclic) bond motifs is 3. The van der Waals surface area contributed by atoms with E-state index in [9.17, 15) is 31.5 Å². The summed E-state index contributed by atoms with van der Waals surface area (Å²) in [5, 5.41) is 9.54. The molecule has 0 bridgehead atoms. The molecule has 2 heterocycles. The normalized spacial score (nSPS) is 16.2. The number of alkyl halides is 3. The molecule has 1 N–H and O–H groups in total. The molecule has 3 rings (SSSR count). The first-order valence-electron chi connectivity index (χ1n) is 9.71. The Hall–Kier alpha value is -2.90. The van der Waals surface area contributed by atoms with Crippen molar-refractivity contribution in [1.29, 1.82) is 0 Å². The number of ketones is 1. The van der Waals surface area contributed by atoms with Crippen LogP contribution in [0.25, 0.3) is 11.0 Å². The number of Topliss-reactive ketones (excluding diaryl/α,β-unsaturated/α-hetero) is 1. The molecule has 1 aliphatic heterocycles. The van der Waals surface area contributed by atoms with Gasteiger partial charge in [-0.25, -0.2) is 13.4 Å². The van der Waals surface area contributed by atoms with Gasteiger partial charge in [-0.05, 0) is 31.3 Å². The Labute approximate surface area is 187 Å². The zero-order chi connectivity index (χ0) is 24.6. The lowest BCUT2D eigenvalue weighted by Gasteiger charge is -2.26. The van der Waals surface area contributed by atoms with Crippen LogP contribution in [-0.2, 0) is 34.3 Å². The van der Waals surface area contributed by atoms with E-state index in [1.165, 1.54) is 12.1 Å². The molecule has 178 valence electrons. The van der Waals surface area contributed by atoms with Crippen molar-refractivity contribution in [3.63, 3.8) is 0 Å². The molecule has 0 fully saturated rings. The Bertz CT molecular complexity index is 1280. The van der Waals surface area contributed by atoms with Gasteiger partial charge in [-0.15, -0.1) is 0 Å². The largest absolute Gasteiger partial charge is 0.434 e. The summed E-state index contributed by atoms with van der Waals surface area (Å²) in [5.41, 5.74) is -0.672. The van der Waals surface area contributed by atoms with Crippen molar-refractivity contribution >= 4 is 39.6 Å². The molecular weight excluding hydrogens is 463 g/mol. The first kappa shape index (κ1) is 24.7. The molecule has 0 aliphatic carbocycles. The number of sulfone groups is 1. The molecule has 0 unspecified atom stereocenters. The van der Waals surface area contributed by atoms with Gasteiger partial charge >= 0.3 is 6.18 Å². The van der Waals surface area contributed by atoms with Gasteiger partial charge in [-0.3, -0.25) is 19.7 Å². The zero-order valence-electron chi connectivity index (χ0n) is 17.9. The number of imidazole rings is 1. The van der Waals surface area contributed by atoms with Crippen molar-refractivity contribution < 1.29 is 31.5 Å². The maximum absolute atomic E-state index is 13.1. The second-order valence-corrected chi connectivity index (χ2v) is 9.52. The third-order valence-corrected chi connectivity index (χ3v) is 6.33. The second-order valence-electron chi connectivity index (χ2n) is 7.54. The highest BCUT2D eigenvalue weighted by atomic mass is 32.2. The molecule has 2 aromatic rings. The highest BCUT2D eigenvalue weighted by Crippen LogP contribution is 2.29. The van der Waals surface area contributed by atoms with Crippen LogP contribution in [-0.4, -0.2) is 72.3 Å². The fourth-order valence-electron chi connectivity index (χ4n) is 3.62. The number of hydrogen-bond donors (Lipinski definition) is 1. The lowest BCUT2D eigenvalue weighted by molar-refractivity contribution is -0.115. The lowest BCUT2D eigenvalue weighted by atomic mass is 10.1. The summed E-state index contributed by atoms with van der Waals surface area (Å²) >= 11 is 0. The molecule has 9 nitrogen and oxygen atoms in total. The summed E-state index contributed by atoms with van der Waals surface area (Å²) in [6, 6.07) is 3.02. The summed E-state index contributed by atoms with van der Waals surface area (Å²) < 4.78 is 65.2. The Morgan fingerprint density at radius 1 is 1.33 bits per heavy atom. The van der Waals surface area contributed by atoms with Crippen LogP contribution in [0.1, 0.15) is 18.3 Å². The fourth-order valence-corrected chi connectivity index (χ4v) is 4.54. The van der Waals surface area contributed by atoms with Crippen LogP contribution in [0.15, 0.2) is 38.3 Å². The molecule has 0 saturated carbocycles. The van der Waals surface area contributed by atoms with Gasteiger partial charge in [0.25, 0.3) is 0 Å². The van der Waals surface area contributed by atoms with Gasteiger partial charge in [0.1, 0.15) is 5.82 Å². The van der Waals surface area contributed by atoms with Crippen LogP contribution in [0.4, 0.5) is 13.2 Å². The van der Waals surface area contributed by atoms with Gasteiger partial charge in [0.05, 0.1) is 41.3 Å². The van der Waals surface area contributed by atoms with Gasteiger partial charge in [-0.2, -0.15) is 13.2 Å². The van der Waals surface area contributed by atoms with Crippen LogP contribution >= 0.6 is 0 Å². The molecule has 33 heavy (non-hydrogen) atoms. The van der Waals surface area contributed by atoms with Crippen molar-refractivity contribution in [2.24, 2.45) is 9.98 Å². The number of carbonyl (C=O) groups excluding carboxylic acids is 1. The van der Waals surface area contributed by atoms with E-state index < -0.39 is 39.7 Å². The van der Waals surface area contributed by atoms with Crippen LogP contribution in [0.5, 0.6) is 0 Å². The van der Waals surface area contributed by atoms with E-state index in [2.05, 4.69) is 21.7 Å². The minimum atomic E-state index is -4.83. The van der Waals surface area contributed by atoms with E-state index >= 15 is 0 Å². The number of allylic oxidation sites excluding steroid dienone is 2. The molecule has 0 saturated heterocycles. The number of carbonyl (C=O) groups is 1. The number of aromatic nitrogens is 2. The Kier molecular flexibility index (Phi) is 6.86. The zero-order valence-corrected chi connectivity index (χ0v) is 18.7. The van der Waals surface area contributed by atoms with E-state index in [4.69, 9.17) is 0 Å². The van der Waals surface area contributed by atoms with Gasteiger partial charge in [0.2, 0.25) is 0 Å². The maximum Gasteiger partial charge on any atom is 0.434 e. The minimum absolute atomic E-state index is 0.0126. The summed E-state index contributed by atoms with van der Waals surface area (Å²) in [6.45, 7) is 4.66. The molecular formula is C20H22F3N5O4S. The number of rotatable bonds is 7. The van der Waals surface area contributed by atoms with Crippen LogP contribution in [0.2, 0.25) is 0 Å². The smallest absolute Gasteiger partial charge is 0.392 e. The van der Waals surface area contributed by atoms with Crippen molar-refractivity contribution in [3.05, 3.63) is 34.8 Å². The Morgan fingerprint density at radius 2 is 2.03 bits per heavy atom. The van der Waals surface area contributed by atoms with Crippen molar-refractivity contribution in [2.45, 2.75) is 37.7 Å². The fraction of sp³-hybridized carbons (Fsp3) is 0.400. The average Bonchev–Trinajstić information content (AvgIpc) is 3.07. The second kappa shape index (κ2) is 9.15. The third kappa shape index (κ3) is 5.20. The molecule has 13 heteroatoms. The van der Waals surface area contributed by atoms with Crippen molar-refractivity contribution in [1.82, 2.24) is 14.5 Å². The molecule has 0 atom stereocenters. The van der Waals surface area contributed by atoms with Crippen molar-refractivity contribution in [3.8, 4) is 0 Å². The minimum Gasteiger partial charge on any atom is -0.392 e. The van der Waals surface area contributed by atoms with E-state index in [-0.39, 0.29) is 17.1 Å². The molecule has 1 aliphatic rings. The van der Waals surface area contributed by atoms with Gasteiger partial charge in [-0.1, -0.05) is 0 Å². The highest BCUT2D eigenvalue weighted by Gasteiger charge is 2.36. The molecule has 0 spiro atoms. The number of nitrogens with zero attached hydrogens (tertiary/aromatic N) is 5. The summed E-state index contributed by atoms with van der Waals surface area (Å²) in [6.07, 6.45) is -2.91. The van der Waals surface area contributed by atoms with Crippen LogP contribution in [0, 0.1) is 0 Å². The van der Waals surface area contributed by atoms with Crippen molar-refractivity contribution in [2.75, 3.05) is 19.5 Å². The predicted octanol–water partition coefficient (Wildman–Crippen LogP) is 1.88. The monoisotopic (exact) mass is 485 g/mol. The van der Waals surface area contributed by atoms with Gasteiger partial charge in [0, 0.05) is 25.6 Å². The standard InChI is InChI=1S/C20H22F3N5O4S/c1-12(30)14(19(24-2)20(21,22)23)8-25-11-27-4-5-28-16-7-17(33(3,31)32)13(10-29)6-15(16)26-18(28)9-27/h6-8,29H,2,4-5,9-11H2,1,3H3/b19-14+,25-8-. The summed E-state index contributed by atoms with van der Waals surface area (Å²) in [7, 11) is -3.55. The SMILES string of the molecule is C=N/C(=C(\C=N/CN1CCn2c(nc3cc(CO)c(S(C)(=O)=O)cc32)C1)C(C)=O)C(F)(F)F. The molecule has 1 aromatic heterocycles. The topological polar surface area (TPSA) is 117 Å². The number of halogens is 3. The first-order chi connectivity index (χ1) is 15.4. The third-order valence-electron chi connectivity index (χ3n) is 5.15. The predicted molar refractivity (Wildman–Crippen MR) is 116 cm³/mol. The number of benzene rings is 1. The number of aliphatic hydroxyl groups is 1. The van der Waals surface area contributed by atoms with Crippen LogP contribution in [0.3, 0.4) is 0 Å². The highest BCUT2D eigenvalue weighted by molar-refractivity contribution is 7.90. The van der Waals surface area contributed by atoms with E-state index in [1.807, 2.05) is 9.47 Å². The van der Waals surface area contributed by atoms with Gasteiger partial charge in [0.15, 0.2) is 21.3 Å². The average molecular weight is 485 g/mol. The van der Waals surface area contributed by atoms with Crippen LogP contribution < -0.4 is 0 Å². The molecule has 1 aromatic carbocycles. The number of aliphatic hydroxyl groups excluding tert-OH is 1. The lowest BCUT2D eigenvalue weighted by Crippen LogP contribution is -2.34. The molecule has 0 amide bonds. The Balaban J connectivity index is 1.86. The molecule has 0 radical (unpaired) electrons. The van der Waals surface area contributed by atoms with E-state index in [0.29, 0.717) is 36.5 Å².